The molecular weight excluding hydrogens is 202 g/mol. The molecule has 0 amide bonds. The maximum atomic E-state index is 12.1. The fourth-order valence-electron chi connectivity index (χ4n) is 1.89. The number of benzene rings is 1. The molecule has 0 aliphatic carbocycles. The summed E-state index contributed by atoms with van der Waals surface area (Å²) in [7, 11) is 0. The fraction of sp³-hybridized carbons (Fsp3) is 0.308. The molecule has 1 atom stereocenters. The van der Waals surface area contributed by atoms with Crippen LogP contribution in [0.2, 0.25) is 0 Å². The third-order valence-corrected chi connectivity index (χ3v) is 2.93. The van der Waals surface area contributed by atoms with Gasteiger partial charge in [-0.3, -0.25) is 4.79 Å². The molecule has 2 aromatic rings. The van der Waals surface area contributed by atoms with E-state index < -0.39 is 0 Å². The van der Waals surface area contributed by atoms with Crippen LogP contribution in [0.3, 0.4) is 0 Å². The van der Waals surface area contributed by atoms with Crippen molar-refractivity contribution < 1.29 is 5.11 Å². The molecular formula is C13H15NO2. The topological polar surface area (TPSA) is 42.2 Å². The maximum Gasteiger partial charge on any atom is 0.258 e. The van der Waals surface area contributed by atoms with Crippen molar-refractivity contribution in [3.05, 3.63) is 46.4 Å². The Balaban J connectivity index is 2.76. The highest BCUT2D eigenvalue weighted by molar-refractivity contribution is 5.84. The van der Waals surface area contributed by atoms with Crippen molar-refractivity contribution in [2.75, 3.05) is 6.61 Å². The quantitative estimate of drug-likeness (QED) is 0.834. The van der Waals surface area contributed by atoms with E-state index >= 15 is 0 Å². The zero-order chi connectivity index (χ0) is 11.7. The van der Waals surface area contributed by atoms with E-state index in [1.54, 1.807) is 10.8 Å². The van der Waals surface area contributed by atoms with Crippen molar-refractivity contribution in [2.45, 2.75) is 19.9 Å². The summed E-state index contributed by atoms with van der Waals surface area (Å²) in [6.45, 7) is 3.78. The fourth-order valence-corrected chi connectivity index (χ4v) is 1.89. The van der Waals surface area contributed by atoms with Crippen LogP contribution in [0.5, 0.6) is 0 Å². The summed E-state index contributed by atoms with van der Waals surface area (Å²) < 4.78 is 1.57. The Morgan fingerprint density at radius 3 is 2.75 bits per heavy atom. The second-order valence-corrected chi connectivity index (χ2v) is 4.10. The van der Waals surface area contributed by atoms with Gasteiger partial charge in [0.05, 0.1) is 12.6 Å². The Morgan fingerprint density at radius 2 is 2.06 bits per heavy atom. The van der Waals surface area contributed by atoms with Crippen molar-refractivity contribution in [3.8, 4) is 0 Å². The molecule has 0 aliphatic rings. The van der Waals surface area contributed by atoms with Gasteiger partial charge in [-0.2, -0.15) is 0 Å². The van der Waals surface area contributed by atoms with Crippen molar-refractivity contribution in [1.29, 1.82) is 0 Å². The SMILES string of the molecule is Cc1cccc2c(=O)n([C@H](C)CO)ccc12. The summed E-state index contributed by atoms with van der Waals surface area (Å²) in [4.78, 5) is 12.1. The summed E-state index contributed by atoms with van der Waals surface area (Å²) in [5.74, 6) is 0. The normalized spacial score (nSPS) is 12.9. The summed E-state index contributed by atoms with van der Waals surface area (Å²) in [6.07, 6.45) is 1.75. The zero-order valence-electron chi connectivity index (χ0n) is 9.47. The van der Waals surface area contributed by atoms with E-state index in [1.165, 1.54) is 0 Å². The average Bonchev–Trinajstić information content (AvgIpc) is 2.30. The van der Waals surface area contributed by atoms with Crippen LogP contribution in [-0.4, -0.2) is 16.3 Å². The highest BCUT2D eigenvalue weighted by atomic mass is 16.3. The van der Waals surface area contributed by atoms with E-state index in [0.29, 0.717) is 5.39 Å². The first-order valence-corrected chi connectivity index (χ1v) is 5.36. The Labute approximate surface area is 94.0 Å². The number of rotatable bonds is 2. The van der Waals surface area contributed by atoms with Crippen LogP contribution in [0, 0.1) is 6.92 Å². The van der Waals surface area contributed by atoms with Crippen LogP contribution in [0.4, 0.5) is 0 Å². The molecule has 0 radical (unpaired) electrons. The van der Waals surface area contributed by atoms with E-state index in [1.807, 2.05) is 38.1 Å². The van der Waals surface area contributed by atoms with E-state index in [9.17, 15) is 4.79 Å². The van der Waals surface area contributed by atoms with Gasteiger partial charge in [0.25, 0.3) is 5.56 Å². The first-order chi connectivity index (χ1) is 7.65. The molecule has 0 bridgehead atoms. The maximum absolute atomic E-state index is 12.1. The lowest BCUT2D eigenvalue weighted by atomic mass is 10.1. The first kappa shape index (κ1) is 10.9. The Morgan fingerprint density at radius 1 is 1.31 bits per heavy atom. The molecule has 0 spiro atoms. The van der Waals surface area contributed by atoms with Gasteiger partial charge >= 0.3 is 0 Å². The van der Waals surface area contributed by atoms with Crippen LogP contribution in [0.15, 0.2) is 35.3 Å². The van der Waals surface area contributed by atoms with Gasteiger partial charge in [-0.1, -0.05) is 12.1 Å². The predicted octanol–water partition coefficient (Wildman–Crippen LogP) is 1.86. The number of aryl methyl sites for hydroxylation is 1. The van der Waals surface area contributed by atoms with Crippen LogP contribution >= 0.6 is 0 Å². The summed E-state index contributed by atoms with van der Waals surface area (Å²) >= 11 is 0. The molecule has 0 saturated carbocycles. The molecule has 0 unspecified atom stereocenters. The molecule has 0 fully saturated rings. The lowest BCUT2D eigenvalue weighted by molar-refractivity contribution is 0.236. The van der Waals surface area contributed by atoms with E-state index in [0.717, 1.165) is 10.9 Å². The number of aromatic nitrogens is 1. The summed E-state index contributed by atoms with van der Waals surface area (Å²) in [6, 6.07) is 7.44. The zero-order valence-corrected chi connectivity index (χ0v) is 9.47. The van der Waals surface area contributed by atoms with Crippen LogP contribution in [-0.2, 0) is 0 Å². The summed E-state index contributed by atoms with van der Waals surface area (Å²) in [5.41, 5.74) is 1.06. The third-order valence-electron chi connectivity index (χ3n) is 2.93. The lowest BCUT2D eigenvalue weighted by Gasteiger charge is -2.13. The largest absolute Gasteiger partial charge is 0.394 e. The minimum atomic E-state index is -0.183. The minimum absolute atomic E-state index is 0.0305. The van der Waals surface area contributed by atoms with Crippen molar-refractivity contribution in [1.82, 2.24) is 4.57 Å². The smallest absolute Gasteiger partial charge is 0.258 e. The van der Waals surface area contributed by atoms with Crippen LogP contribution in [0.25, 0.3) is 10.8 Å². The number of aliphatic hydroxyl groups is 1. The molecule has 1 aromatic carbocycles. The Kier molecular flexibility index (Phi) is 2.79. The van der Waals surface area contributed by atoms with Crippen LogP contribution in [0.1, 0.15) is 18.5 Å². The molecule has 84 valence electrons. The van der Waals surface area contributed by atoms with Gasteiger partial charge in [0.2, 0.25) is 0 Å². The monoisotopic (exact) mass is 217 g/mol. The number of hydrogen-bond donors (Lipinski definition) is 1. The molecule has 1 N–H and O–H groups in total. The molecule has 3 nitrogen and oxygen atoms in total. The highest BCUT2D eigenvalue weighted by Crippen LogP contribution is 2.15. The molecule has 2 rings (SSSR count). The average molecular weight is 217 g/mol. The molecule has 0 saturated heterocycles. The van der Waals surface area contributed by atoms with Crippen molar-refractivity contribution >= 4 is 10.8 Å². The Bertz CT molecular complexity index is 572. The summed E-state index contributed by atoms with van der Waals surface area (Å²) in [5, 5.41) is 10.8. The number of hydrogen-bond acceptors (Lipinski definition) is 2. The lowest BCUT2D eigenvalue weighted by Crippen LogP contribution is -2.24. The number of aliphatic hydroxyl groups excluding tert-OH is 1. The molecule has 0 aliphatic heterocycles. The molecule has 1 aromatic heterocycles. The van der Waals surface area contributed by atoms with E-state index in [4.69, 9.17) is 5.11 Å². The van der Waals surface area contributed by atoms with Gasteiger partial charge < -0.3 is 9.67 Å². The Hall–Kier alpha value is -1.61. The van der Waals surface area contributed by atoms with Crippen molar-refractivity contribution in [2.24, 2.45) is 0 Å². The molecule has 16 heavy (non-hydrogen) atoms. The highest BCUT2D eigenvalue weighted by Gasteiger charge is 2.08. The number of pyridine rings is 1. The first-order valence-electron chi connectivity index (χ1n) is 5.36. The molecule has 1 heterocycles. The van der Waals surface area contributed by atoms with Gasteiger partial charge in [0.15, 0.2) is 0 Å². The van der Waals surface area contributed by atoms with E-state index in [-0.39, 0.29) is 18.2 Å². The minimum Gasteiger partial charge on any atom is -0.394 e. The van der Waals surface area contributed by atoms with Gasteiger partial charge in [0, 0.05) is 11.6 Å². The standard InChI is InChI=1S/C13H15NO2/c1-9-4-3-5-12-11(9)6-7-14(13(12)16)10(2)8-15/h3-7,10,15H,8H2,1-2H3/t10-/m1/s1. The van der Waals surface area contributed by atoms with Crippen molar-refractivity contribution in [3.63, 3.8) is 0 Å². The number of fused-ring (bicyclic) bond motifs is 1. The molecule has 3 heteroatoms. The van der Waals surface area contributed by atoms with E-state index in [2.05, 4.69) is 0 Å². The van der Waals surface area contributed by atoms with Crippen LogP contribution < -0.4 is 5.56 Å². The third kappa shape index (κ3) is 1.63. The van der Waals surface area contributed by atoms with Gasteiger partial charge in [-0.15, -0.1) is 0 Å². The van der Waals surface area contributed by atoms with Gasteiger partial charge in [0.1, 0.15) is 0 Å². The second kappa shape index (κ2) is 4.10. The van der Waals surface area contributed by atoms with Gasteiger partial charge in [-0.05, 0) is 36.9 Å². The number of nitrogens with zero attached hydrogens (tertiary/aromatic N) is 1. The second-order valence-electron chi connectivity index (χ2n) is 4.10. The van der Waals surface area contributed by atoms with Gasteiger partial charge in [-0.25, -0.2) is 0 Å². The predicted molar refractivity (Wildman–Crippen MR) is 64.7 cm³/mol.